The first-order chi connectivity index (χ1) is 9.95. The van der Waals surface area contributed by atoms with E-state index in [1.807, 2.05) is 22.6 Å². The number of halogens is 3. The van der Waals surface area contributed by atoms with E-state index in [2.05, 4.69) is 25.9 Å². The van der Waals surface area contributed by atoms with Crippen LogP contribution in [0.25, 0.3) is 11.0 Å². The molecule has 0 amide bonds. The Labute approximate surface area is 140 Å². The number of hydrogen-bond donors (Lipinski definition) is 2. The van der Waals surface area contributed by atoms with E-state index in [-0.39, 0.29) is 17.3 Å². The van der Waals surface area contributed by atoms with Gasteiger partial charge in [0.05, 0.1) is 11.0 Å². The lowest BCUT2D eigenvalue weighted by Crippen LogP contribution is -2.05. The molecule has 0 unspecified atom stereocenters. The molecule has 0 saturated heterocycles. The summed E-state index contributed by atoms with van der Waals surface area (Å²) in [4.78, 5) is 29.1. The molecule has 106 valence electrons. The zero-order valence-corrected chi connectivity index (χ0v) is 14.1. The third-order valence-electron chi connectivity index (χ3n) is 3.02. The van der Waals surface area contributed by atoms with Crippen LogP contribution in [0, 0.1) is 9.39 Å². The van der Waals surface area contributed by atoms with Crippen LogP contribution in [-0.4, -0.2) is 15.8 Å². The number of imidazole rings is 1. The van der Waals surface area contributed by atoms with Gasteiger partial charge >= 0.3 is 5.69 Å². The van der Waals surface area contributed by atoms with Crippen LogP contribution in [0.5, 0.6) is 0 Å². The molecule has 1 heterocycles. The third kappa shape index (κ3) is 2.67. The maximum absolute atomic E-state index is 13.1. The zero-order chi connectivity index (χ0) is 15.1. The molecule has 0 aliphatic rings. The molecule has 2 aromatic carbocycles. The van der Waals surface area contributed by atoms with Crippen molar-refractivity contribution >= 4 is 55.3 Å². The number of fused-ring (bicyclic) bond motifs is 1. The molecular weight excluding hydrogens is 454 g/mol. The molecule has 0 atom stereocenters. The number of aromatic amines is 2. The van der Waals surface area contributed by atoms with Gasteiger partial charge in [-0.05, 0) is 68.9 Å². The lowest BCUT2D eigenvalue weighted by molar-refractivity contribution is 0.103. The first-order valence-electron chi connectivity index (χ1n) is 5.87. The van der Waals surface area contributed by atoms with Crippen molar-refractivity contribution in [2.24, 2.45) is 0 Å². The van der Waals surface area contributed by atoms with Crippen LogP contribution >= 0.6 is 38.5 Å². The summed E-state index contributed by atoms with van der Waals surface area (Å²) in [5.74, 6) is -0.629. The summed E-state index contributed by atoms with van der Waals surface area (Å²) in [6, 6.07) is 7.27. The summed E-state index contributed by atoms with van der Waals surface area (Å²) < 4.78 is 14.2. The summed E-state index contributed by atoms with van der Waals surface area (Å²) in [6.45, 7) is 0. The lowest BCUT2D eigenvalue weighted by Gasteiger charge is -2.06. The van der Waals surface area contributed by atoms with E-state index in [4.69, 9.17) is 0 Å². The number of benzene rings is 2. The molecule has 0 spiro atoms. The summed E-state index contributed by atoms with van der Waals surface area (Å²) in [5, 5.41) is 0. The molecule has 0 fully saturated rings. The second-order valence-corrected chi connectivity index (χ2v) is 6.43. The Morgan fingerprint density at radius 1 is 1.10 bits per heavy atom. The second kappa shape index (κ2) is 5.38. The van der Waals surface area contributed by atoms with Gasteiger partial charge in [0.25, 0.3) is 0 Å². The molecule has 4 nitrogen and oxygen atoms in total. The van der Waals surface area contributed by atoms with E-state index in [1.54, 1.807) is 12.1 Å². The van der Waals surface area contributed by atoms with Gasteiger partial charge in [0.15, 0.2) is 5.78 Å². The molecule has 2 N–H and O–H groups in total. The van der Waals surface area contributed by atoms with Gasteiger partial charge in [0.2, 0.25) is 0 Å². The van der Waals surface area contributed by atoms with Crippen LogP contribution in [-0.2, 0) is 0 Å². The Morgan fingerprint density at radius 3 is 2.43 bits per heavy atom. The van der Waals surface area contributed by atoms with E-state index < -0.39 is 0 Å². The van der Waals surface area contributed by atoms with Gasteiger partial charge < -0.3 is 9.97 Å². The largest absolute Gasteiger partial charge is 0.323 e. The number of rotatable bonds is 2. The smallest absolute Gasteiger partial charge is 0.306 e. The molecule has 3 aromatic rings. The normalized spacial score (nSPS) is 11.0. The Kier molecular flexibility index (Phi) is 3.70. The summed E-state index contributed by atoms with van der Waals surface area (Å²) in [6.07, 6.45) is 0. The maximum atomic E-state index is 13.1. The van der Waals surface area contributed by atoms with Crippen molar-refractivity contribution in [3.63, 3.8) is 0 Å². The van der Waals surface area contributed by atoms with Crippen molar-refractivity contribution in [3.8, 4) is 0 Å². The topological polar surface area (TPSA) is 65.7 Å². The predicted molar refractivity (Wildman–Crippen MR) is 89.2 cm³/mol. The molecule has 0 radical (unpaired) electrons. The Morgan fingerprint density at radius 2 is 1.76 bits per heavy atom. The quantitative estimate of drug-likeness (QED) is 0.453. The van der Waals surface area contributed by atoms with Crippen molar-refractivity contribution in [1.82, 2.24) is 9.97 Å². The minimum absolute atomic E-state index is 0.241. The highest BCUT2D eigenvalue weighted by Gasteiger charge is 2.17. The van der Waals surface area contributed by atoms with Gasteiger partial charge in [-0.2, -0.15) is 0 Å². The Balaban J connectivity index is 2.16. The van der Waals surface area contributed by atoms with E-state index in [1.165, 1.54) is 18.2 Å². The molecule has 21 heavy (non-hydrogen) atoms. The Bertz CT molecular complexity index is 932. The number of ketones is 1. The molecule has 0 bridgehead atoms. The van der Waals surface area contributed by atoms with Gasteiger partial charge in [0.1, 0.15) is 5.82 Å². The standard InChI is InChI=1S/C14H7BrFIN2O2/c15-9-5-12-11(18-14(21)19-12)4-8(9)13(20)7-2-1-6(16)3-10(7)17/h1-5H,(H2,18,19,21). The fourth-order valence-electron chi connectivity index (χ4n) is 2.05. The SMILES string of the molecule is O=C(c1cc2[nH]c(=O)[nH]c2cc1Br)c1ccc(F)cc1I. The van der Waals surface area contributed by atoms with Gasteiger partial charge in [-0.15, -0.1) is 0 Å². The van der Waals surface area contributed by atoms with E-state index in [9.17, 15) is 14.0 Å². The van der Waals surface area contributed by atoms with Gasteiger partial charge in [-0.25, -0.2) is 9.18 Å². The highest BCUT2D eigenvalue weighted by molar-refractivity contribution is 14.1. The molecule has 0 aliphatic heterocycles. The zero-order valence-electron chi connectivity index (χ0n) is 10.3. The third-order valence-corrected chi connectivity index (χ3v) is 4.57. The van der Waals surface area contributed by atoms with Gasteiger partial charge in [-0.1, -0.05) is 0 Å². The fraction of sp³-hybridized carbons (Fsp3) is 0. The molecular formula is C14H7BrFIN2O2. The molecule has 0 saturated carbocycles. The molecule has 7 heteroatoms. The maximum Gasteiger partial charge on any atom is 0.323 e. The van der Waals surface area contributed by atoms with Crippen molar-refractivity contribution in [2.75, 3.05) is 0 Å². The predicted octanol–water partition coefficient (Wildman–Crippen LogP) is 3.59. The molecule has 0 aliphatic carbocycles. The first-order valence-corrected chi connectivity index (χ1v) is 7.74. The average Bonchev–Trinajstić information content (AvgIpc) is 2.76. The van der Waals surface area contributed by atoms with Crippen LogP contribution in [0.3, 0.4) is 0 Å². The highest BCUT2D eigenvalue weighted by atomic mass is 127. The minimum atomic E-state index is -0.388. The van der Waals surface area contributed by atoms with E-state index in [0.29, 0.717) is 30.2 Å². The number of hydrogen-bond acceptors (Lipinski definition) is 2. The molecule has 1 aromatic heterocycles. The summed E-state index contributed by atoms with van der Waals surface area (Å²) >= 11 is 5.25. The van der Waals surface area contributed by atoms with Crippen molar-refractivity contribution in [1.29, 1.82) is 0 Å². The van der Waals surface area contributed by atoms with Crippen LogP contribution in [0.1, 0.15) is 15.9 Å². The number of H-pyrrole nitrogens is 2. The minimum Gasteiger partial charge on any atom is -0.306 e. The first kappa shape index (κ1) is 14.5. The van der Waals surface area contributed by atoms with Crippen LogP contribution in [0.15, 0.2) is 39.6 Å². The lowest BCUT2D eigenvalue weighted by atomic mass is 10.0. The monoisotopic (exact) mass is 460 g/mol. The Hall–Kier alpha value is -1.48. The highest BCUT2D eigenvalue weighted by Crippen LogP contribution is 2.26. The van der Waals surface area contributed by atoms with Gasteiger partial charge in [-0.3, -0.25) is 4.79 Å². The number of carbonyl (C=O) groups is 1. The summed E-state index contributed by atoms with van der Waals surface area (Å²) in [7, 11) is 0. The van der Waals surface area contributed by atoms with Gasteiger partial charge in [0, 0.05) is 19.2 Å². The number of aromatic nitrogens is 2. The van der Waals surface area contributed by atoms with Crippen LogP contribution < -0.4 is 5.69 Å². The average molecular weight is 461 g/mol. The summed E-state index contributed by atoms with van der Waals surface area (Å²) in [5.41, 5.74) is 1.64. The second-order valence-electron chi connectivity index (χ2n) is 4.41. The van der Waals surface area contributed by atoms with Crippen LogP contribution in [0.2, 0.25) is 0 Å². The number of carbonyl (C=O) groups excluding carboxylic acids is 1. The van der Waals surface area contributed by atoms with E-state index in [0.717, 1.165) is 0 Å². The fourth-order valence-corrected chi connectivity index (χ4v) is 3.29. The van der Waals surface area contributed by atoms with Crippen molar-refractivity contribution in [3.05, 3.63) is 65.8 Å². The number of nitrogens with one attached hydrogen (secondary N) is 2. The molecule has 3 rings (SSSR count). The van der Waals surface area contributed by atoms with Crippen molar-refractivity contribution in [2.45, 2.75) is 0 Å². The van der Waals surface area contributed by atoms with E-state index >= 15 is 0 Å². The van der Waals surface area contributed by atoms with Crippen LogP contribution in [0.4, 0.5) is 4.39 Å². The van der Waals surface area contributed by atoms with Crippen molar-refractivity contribution < 1.29 is 9.18 Å².